The van der Waals surface area contributed by atoms with Crippen molar-refractivity contribution < 1.29 is 9.90 Å². The summed E-state index contributed by atoms with van der Waals surface area (Å²) in [5.41, 5.74) is 0. The number of nitrogens with zero attached hydrogens (tertiary/aromatic N) is 1. The normalized spacial score (nSPS) is 12.6. The van der Waals surface area contributed by atoms with Crippen molar-refractivity contribution in [3.8, 4) is 0 Å². The molecule has 0 heterocycles. The maximum Gasteiger partial charge on any atom is 0.304 e. The lowest BCUT2D eigenvalue weighted by atomic mass is 10.0. The van der Waals surface area contributed by atoms with Crippen molar-refractivity contribution in [1.82, 2.24) is 4.90 Å². The van der Waals surface area contributed by atoms with Gasteiger partial charge in [0.1, 0.15) is 0 Å². The second-order valence-electron chi connectivity index (χ2n) is 8.32. The summed E-state index contributed by atoms with van der Waals surface area (Å²) in [7, 11) is 0. The summed E-state index contributed by atoms with van der Waals surface area (Å²) < 4.78 is 0. The Bertz CT molecular complexity index is 302. The van der Waals surface area contributed by atoms with Gasteiger partial charge in [0, 0.05) is 6.04 Å². The summed E-state index contributed by atoms with van der Waals surface area (Å²) in [6.07, 6.45) is 20.9. The van der Waals surface area contributed by atoms with Gasteiger partial charge in [0.2, 0.25) is 0 Å². The first-order chi connectivity index (χ1) is 13.2. The predicted octanol–water partition coefficient (Wildman–Crippen LogP) is 7.43. The molecule has 1 N–H and O–H groups in total. The summed E-state index contributed by atoms with van der Waals surface area (Å²) in [5.74, 6) is -0.641. The molecule has 0 aromatic carbocycles. The van der Waals surface area contributed by atoms with Crippen LogP contribution in [0.15, 0.2) is 0 Å². The first-order valence-corrected chi connectivity index (χ1v) is 12.1. The van der Waals surface area contributed by atoms with Crippen molar-refractivity contribution in [1.29, 1.82) is 0 Å². The van der Waals surface area contributed by atoms with Crippen molar-refractivity contribution >= 4 is 5.97 Å². The van der Waals surface area contributed by atoms with Crippen molar-refractivity contribution in [3.63, 3.8) is 0 Å². The van der Waals surface area contributed by atoms with Crippen LogP contribution in [0, 0.1) is 0 Å². The van der Waals surface area contributed by atoms with Crippen molar-refractivity contribution in [2.45, 2.75) is 136 Å². The molecule has 0 radical (unpaired) electrons. The summed E-state index contributed by atoms with van der Waals surface area (Å²) in [4.78, 5) is 13.8. The number of hydrogen-bond acceptors (Lipinski definition) is 2. The van der Waals surface area contributed by atoms with Crippen LogP contribution in [-0.4, -0.2) is 35.1 Å². The van der Waals surface area contributed by atoms with E-state index in [0.29, 0.717) is 6.42 Å². The molecule has 0 rings (SSSR count). The molecule has 1 unspecified atom stereocenters. The summed E-state index contributed by atoms with van der Waals surface area (Å²) in [5, 5.41) is 9.32. The summed E-state index contributed by atoms with van der Waals surface area (Å²) in [6, 6.07) is 0.229. The zero-order valence-electron chi connectivity index (χ0n) is 18.8. The zero-order valence-corrected chi connectivity index (χ0v) is 18.8. The SMILES string of the molecule is CCCCCCCCCN(CCCCCCCCC)C(CCC)CC(=O)O. The average Bonchev–Trinajstić information content (AvgIpc) is 2.64. The highest BCUT2D eigenvalue weighted by Crippen LogP contribution is 2.16. The first-order valence-electron chi connectivity index (χ1n) is 12.1. The molecule has 0 spiro atoms. The molecule has 27 heavy (non-hydrogen) atoms. The Hall–Kier alpha value is -0.570. The minimum atomic E-state index is -0.641. The third kappa shape index (κ3) is 17.3. The van der Waals surface area contributed by atoms with E-state index < -0.39 is 5.97 Å². The average molecular weight is 384 g/mol. The van der Waals surface area contributed by atoms with Crippen LogP contribution in [-0.2, 0) is 4.79 Å². The highest BCUT2D eigenvalue weighted by Gasteiger charge is 2.20. The van der Waals surface area contributed by atoms with Gasteiger partial charge >= 0.3 is 5.97 Å². The molecule has 1 atom stereocenters. The number of hydrogen-bond donors (Lipinski definition) is 1. The molecule has 0 amide bonds. The Labute approximate surface area is 170 Å². The van der Waals surface area contributed by atoms with E-state index in [4.69, 9.17) is 0 Å². The molecule has 162 valence electrons. The minimum Gasteiger partial charge on any atom is -0.481 e. The van der Waals surface area contributed by atoms with E-state index in [0.717, 1.165) is 25.9 Å². The molecule has 0 saturated carbocycles. The lowest BCUT2D eigenvalue weighted by Gasteiger charge is -2.31. The molecular weight excluding hydrogens is 334 g/mol. The van der Waals surface area contributed by atoms with Crippen LogP contribution in [0.5, 0.6) is 0 Å². The van der Waals surface area contributed by atoms with Crippen LogP contribution in [0.1, 0.15) is 130 Å². The van der Waals surface area contributed by atoms with Gasteiger partial charge in [-0.05, 0) is 32.4 Å². The van der Waals surface area contributed by atoms with E-state index in [1.807, 2.05) is 0 Å². The third-order valence-electron chi connectivity index (χ3n) is 5.65. The van der Waals surface area contributed by atoms with Gasteiger partial charge in [-0.2, -0.15) is 0 Å². The van der Waals surface area contributed by atoms with Crippen molar-refractivity contribution in [2.24, 2.45) is 0 Å². The third-order valence-corrected chi connectivity index (χ3v) is 5.65. The van der Waals surface area contributed by atoms with Gasteiger partial charge in [0.25, 0.3) is 0 Å². The van der Waals surface area contributed by atoms with Crippen LogP contribution < -0.4 is 0 Å². The van der Waals surface area contributed by atoms with Gasteiger partial charge in [-0.1, -0.05) is 104 Å². The second kappa shape index (κ2) is 20.2. The van der Waals surface area contributed by atoms with E-state index in [1.54, 1.807) is 0 Å². The molecule has 0 aromatic rings. The fraction of sp³-hybridized carbons (Fsp3) is 0.958. The molecule has 3 nitrogen and oxygen atoms in total. The van der Waals surface area contributed by atoms with Gasteiger partial charge in [-0.3, -0.25) is 9.69 Å². The second-order valence-corrected chi connectivity index (χ2v) is 8.32. The topological polar surface area (TPSA) is 40.5 Å². The standard InChI is InChI=1S/C24H49NO2/c1-4-7-9-11-13-15-17-20-25(23(19-6-3)22-24(26)27)21-18-16-14-12-10-8-5-2/h23H,4-22H2,1-3H3,(H,26,27). The lowest BCUT2D eigenvalue weighted by Crippen LogP contribution is -2.38. The highest BCUT2D eigenvalue weighted by molar-refractivity contribution is 5.67. The van der Waals surface area contributed by atoms with E-state index in [9.17, 15) is 9.90 Å². The number of carboxylic acid groups (broad SMARTS) is 1. The Morgan fingerprint density at radius 3 is 1.44 bits per heavy atom. The van der Waals surface area contributed by atoms with Crippen molar-refractivity contribution in [2.75, 3.05) is 13.1 Å². The van der Waals surface area contributed by atoms with Gasteiger partial charge in [-0.15, -0.1) is 0 Å². The van der Waals surface area contributed by atoms with Crippen LogP contribution >= 0.6 is 0 Å². The van der Waals surface area contributed by atoms with Gasteiger partial charge in [0.05, 0.1) is 6.42 Å². The Kier molecular flexibility index (Phi) is 19.7. The molecule has 0 aliphatic carbocycles. The molecule has 0 fully saturated rings. The van der Waals surface area contributed by atoms with Gasteiger partial charge < -0.3 is 5.11 Å². The maximum absolute atomic E-state index is 11.3. The van der Waals surface area contributed by atoms with E-state index in [1.165, 1.54) is 89.9 Å². The summed E-state index contributed by atoms with van der Waals surface area (Å²) in [6.45, 7) is 8.87. The highest BCUT2D eigenvalue weighted by atomic mass is 16.4. The molecule has 0 aliphatic rings. The van der Waals surface area contributed by atoms with Crippen LogP contribution in [0.3, 0.4) is 0 Å². The number of unbranched alkanes of at least 4 members (excludes halogenated alkanes) is 12. The Balaban J connectivity index is 4.24. The monoisotopic (exact) mass is 383 g/mol. The van der Waals surface area contributed by atoms with Crippen LogP contribution in [0.4, 0.5) is 0 Å². The quantitative estimate of drug-likeness (QED) is 0.209. The molecule has 0 aliphatic heterocycles. The minimum absolute atomic E-state index is 0.229. The number of carbonyl (C=O) groups is 1. The van der Waals surface area contributed by atoms with E-state index >= 15 is 0 Å². The zero-order chi connectivity index (χ0) is 20.2. The smallest absolute Gasteiger partial charge is 0.304 e. The van der Waals surface area contributed by atoms with Gasteiger partial charge in [0.15, 0.2) is 0 Å². The lowest BCUT2D eigenvalue weighted by molar-refractivity contribution is -0.138. The largest absolute Gasteiger partial charge is 0.481 e. The molecular formula is C24H49NO2. The van der Waals surface area contributed by atoms with Crippen LogP contribution in [0.2, 0.25) is 0 Å². The number of aliphatic carboxylic acids is 1. The molecule has 0 bridgehead atoms. The van der Waals surface area contributed by atoms with Gasteiger partial charge in [-0.25, -0.2) is 0 Å². The number of carboxylic acids is 1. The fourth-order valence-electron chi connectivity index (χ4n) is 3.97. The summed E-state index contributed by atoms with van der Waals surface area (Å²) >= 11 is 0. The number of rotatable bonds is 21. The Morgan fingerprint density at radius 2 is 1.07 bits per heavy atom. The maximum atomic E-state index is 11.3. The Morgan fingerprint density at radius 1 is 0.667 bits per heavy atom. The first kappa shape index (κ1) is 26.4. The van der Waals surface area contributed by atoms with E-state index in [2.05, 4.69) is 25.7 Å². The fourth-order valence-corrected chi connectivity index (χ4v) is 3.97. The molecule has 3 heteroatoms. The molecule has 0 saturated heterocycles. The van der Waals surface area contributed by atoms with Crippen molar-refractivity contribution in [3.05, 3.63) is 0 Å². The van der Waals surface area contributed by atoms with Crippen LogP contribution in [0.25, 0.3) is 0 Å². The molecule has 0 aromatic heterocycles. The predicted molar refractivity (Wildman–Crippen MR) is 119 cm³/mol. The van der Waals surface area contributed by atoms with E-state index in [-0.39, 0.29) is 6.04 Å².